The number of carbonyl (C=O) groups is 1. The highest BCUT2D eigenvalue weighted by Gasteiger charge is 2.45. The van der Waals surface area contributed by atoms with Crippen molar-refractivity contribution in [1.29, 1.82) is 0 Å². The Balaban J connectivity index is 1.73. The minimum Gasteiger partial charge on any atom is -0.505 e. The smallest absolute Gasteiger partial charge is 0.338 e. The molecule has 4 bridgehead atoms. The van der Waals surface area contributed by atoms with E-state index >= 15 is 0 Å². The van der Waals surface area contributed by atoms with Crippen LogP contribution in [0.2, 0.25) is 5.02 Å². The van der Waals surface area contributed by atoms with Gasteiger partial charge in [0.05, 0.1) is 35.1 Å². The number of esters is 1. The number of aromatic nitrogens is 1. The lowest BCUT2D eigenvalue weighted by atomic mass is 10.00. The van der Waals surface area contributed by atoms with Gasteiger partial charge in [-0.1, -0.05) is 17.7 Å². The molecule has 2 N–H and O–H groups in total. The van der Waals surface area contributed by atoms with E-state index in [4.69, 9.17) is 16.3 Å². The quantitative estimate of drug-likeness (QED) is 0.362. The molecule has 2 aromatic carbocycles. The van der Waals surface area contributed by atoms with Crippen LogP contribution in [0.4, 0.5) is 24.5 Å². The maximum Gasteiger partial charge on any atom is 0.338 e. The minimum atomic E-state index is -4.57. The van der Waals surface area contributed by atoms with E-state index in [-0.39, 0.29) is 22.5 Å². The van der Waals surface area contributed by atoms with Crippen LogP contribution in [0, 0.1) is 5.95 Å². The van der Waals surface area contributed by atoms with Crippen molar-refractivity contribution in [2.24, 2.45) is 0 Å². The van der Waals surface area contributed by atoms with Gasteiger partial charge in [-0.15, -0.1) is 0 Å². The number of anilines is 2. The Morgan fingerprint density at radius 2 is 1.89 bits per heavy atom. The van der Waals surface area contributed by atoms with Gasteiger partial charge < -0.3 is 14.7 Å². The highest BCUT2D eigenvalue weighted by molar-refractivity contribution is 7.92. The van der Waals surface area contributed by atoms with Crippen molar-refractivity contribution >= 4 is 39.0 Å². The van der Waals surface area contributed by atoms with E-state index in [2.05, 4.69) is 9.71 Å². The number of aromatic hydroxyl groups is 1. The summed E-state index contributed by atoms with van der Waals surface area (Å²) in [4.78, 5) is 16.8. The van der Waals surface area contributed by atoms with E-state index < -0.39 is 63.2 Å². The zero-order valence-electron chi connectivity index (χ0n) is 17.6. The fourth-order valence-electron chi connectivity index (χ4n) is 3.91. The summed E-state index contributed by atoms with van der Waals surface area (Å²) in [6, 6.07) is 7.29. The highest BCUT2D eigenvalue weighted by atomic mass is 35.5. The topological polar surface area (TPSA) is 109 Å². The number of hydrogen-bond acceptors (Lipinski definition) is 7. The van der Waals surface area contributed by atoms with E-state index in [1.165, 1.54) is 29.3 Å². The second kappa shape index (κ2) is 8.02. The van der Waals surface area contributed by atoms with Crippen LogP contribution in [0.25, 0.3) is 11.1 Å². The molecule has 35 heavy (non-hydrogen) atoms. The first-order valence-corrected chi connectivity index (χ1v) is 11.9. The standard InChI is InChI=1S/C22H15ClF3N3O5S/c23-15-3-12-5-18(20(15)30)35(32,33)28-16-4-11(1-2-17(16)29-9-22(25,26)10-29)14-7-27-19(24)6-13(14)8-34-21(12)31/h1-7,28,30H,8-10H2. The number of phenols is 1. The molecule has 182 valence electrons. The summed E-state index contributed by atoms with van der Waals surface area (Å²) in [6.07, 6.45) is 1.19. The summed E-state index contributed by atoms with van der Waals surface area (Å²) in [7, 11) is -4.57. The average molecular weight is 526 g/mol. The van der Waals surface area contributed by atoms with Crippen molar-refractivity contribution < 1.29 is 36.2 Å². The molecule has 0 radical (unpaired) electrons. The number of sulfonamides is 1. The number of benzene rings is 2. The van der Waals surface area contributed by atoms with Crippen LogP contribution in [0.3, 0.4) is 0 Å². The van der Waals surface area contributed by atoms with Crippen LogP contribution in [0.5, 0.6) is 5.75 Å². The number of fused-ring (bicyclic) bond motifs is 6. The molecule has 0 aliphatic carbocycles. The predicted molar refractivity (Wildman–Crippen MR) is 120 cm³/mol. The molecule has 2 aliphatic rings. The number of nitrogens with one attached hydrogen (secondary N) is 1. The number of nitrogens with zero attached hydrogens (tertiary/aromatic N) is 2. The number of carbonyl (C=O) groups excluding carboxylic acids is 1. The lowest BCUT2D eigenvalue weighted by Gasteiger charge is -2.41. The number of phenolic OH excluding ortho intramolecular Hbond substituents is 1. The molecule has 0 saturated carbocycles. The Morgan fingerprint density at radius 3 is 2.60 bits per heavy atom. The summed E-state index contributed by atoms with van der Waals surface area (Å²) in [5.41, 5.74) is 0.701. The third kappa shape index (κ3) is 4.23. The number of hydrogen-bond donors (Lipinski definition) is 2. The van der Waals surface area contributed by atoms with Crippen LogP contribution >= 0.6 is 11.6 Å². The summed E-state index contributed by atoms with van der Waals surface area (Å²) < 4.78 is 75.0. The largest absolute Gasteiger partial charge is 0.505 e. The summed E-state index contributed by atoms with van der Waals surface area (Å²) >= 11 is 5.96. The molecule has 13 heteroatoms. The zero-order chi connectivity index (χ0) is 25.1. The van der Waals surface area contributed by atoms with Gasteiger partial charge >= 0.3 is 5.97 Å². The van der Waals surface area contributed by atoms with E-state index in [9.17, 15) is 31.5 Å². The van der Waals surface area contributed by atoms with Gasteiger partial charge in [-0.05, 0) is 29.8 Å². The van der Waals surface area contributed by atoms with Gasteiger partial charge in [-0.25, -0.2) is 27.0 Å². The number of cyclic esters (lactones) is 1. The SMILES string of the molecule is O=C1OCc2cc(F)ncc2-c2ccc(N3CC(F)(F)C3)c(c2)NS(=O)(=O)c2cc1cc(Cl)c2O. The number of alkyl halides is 2. The van der Waals surface area contributed by atoms with Gasteiger partial charge in [-0.2, -0.15) is 4.39 Å². The molecule has 5 rings (SSSR count). The lowest BCUT2D eigenvalue weighted by molar-refractivity contribution is -0.0261. The number of ether oxygens (including phenoxy) is 1. The molecule has 2 aliphatic heterocycles. The van der Waals surface area contributed by atoms with Gasteiger partial charge in [0.1, 0.15) is 11.5 Å². The second-order valence-corrected chi connectivity index (χ2v) is 10.2. The summed E-state index contributed by atoms with van der Waals surface area (Å²) in [5.74, 6) is -5.55. The van der Waals surface area contributed by atoms with E-state index in [0.29, 0.717) is 11.1 Å². The molecule has 0 atom stereocenters. The normalized spacial score (nSPS) is 18.1. The van der Waals surface area contributed by atoms with Crippen LogP contribution in [0.15, 0.2) is 47.5 Å². The van der Waals surface area contributed by atoms with E-state index in [1.54, 1.807) is 0 Å². The van der Waals surface area contributed by atoms with Crippen molar-refractivity contribution in [3.63, 3.8) is 0 Å². The predicted octanol–water partition coefficient (Wildman–Crippen LogP) is 4.17. The number of pyridine rings is 1. The molecule has 1 fully saturated rings. The molecular weight excluding hydrogens is 511 g/mol. The minimum absolute atomic E-state index is 0.0827. The maximum atomic E-state index is 13.9. The Morgan fingerprint density at radius 1 is 1.14 bits per heavy atom. The first-order chi connectivity index (χ1) is 16.4. The van der Waals surface area contributed by atoms with E-state index in [1.807, 2.05) is 0 Å². The number of rotatable bonds is 1. The van der Waals surface area contributed by atoms with Crippen molar-refractivity contribution in [2.75, 3.05) is 22.7 Å². The third-order valence-corrected chi connectivity index (χ3v) is 7.27. The van der Waals surface area contributed by atoms with Crippen LogP contribution < -0.4 is 9.62 Å². The van der Waals surface area contributed by atoms with Crippen LogP contribution in [0.1, 0.15) is 15.9 Å². The molecule has 1 saturated heterocycles. The van der Waals surface area contributed by atoms with Gasteiger partial charge in [0.15, 0.2) is 5.75 Å². The fraction of sp³-hybridized carbons (Fsp3) is 0.182. The van der Waals surface area contributed by atoms with Gasteiger partial charge in [0.2, 0.25) is 5.95 Å². The van der Waals surface area contributed by atoms with Gasteiger partial charge in [0, 0.05) is 23.4 Å². The molecule has 0 spiro atoms. The third-order valence-electron chi connectivity index (χ3n) is 5.61. The van der Waals surface area contributed by atoms with Crippen LogP contribution in [-0.4, -0.2) is 43.5 Å². The first kappa shape index (κ1) is 23.2. The zero-order valence-corrected chi connectivity index (χ0v) is 19.1. The molecule has 0 amide bonds. The highest BCUT2D eigenvalue weighted by Crippen LogP contribution is 2.41. The maximum absolute atomic E-state index is 13.9. The monoisotopic (exact) mass is 525 g/mol. The van der Waals surface area contributed by atoms with Crippen molar-refractivity contribution in [3.8, 4) is 16.9 Å². The Hall–Kier alpha value is -3.51. The van der Waals surface area contributed by atoms with Crippen LogP contribution in [-0.2, 0) is 21.4 Å². The van der Waals surface area contributed by atoms with Gasteiger partial charge in [0.25, 0.3) is 15.9 Å². The Kier molecular flexibility index (Phi) is 5.33. The molecule has 8 nitrogen and oxygen atoms in total. The Labute approximate surface area is 202 Å². The molecule has 0 unspecified atom stereocenters. The van der Waals surface area contributed by atoms with Crippen molar-refractivity contribution in [3.05, 3.63) is 64.7 Å². The number of halogens is 4. The average Bonchev–Trinajstić information content (AvgIpc) is 2.77. The second-order valence-electron chi connectivity index (χ2n) is 8.09. The lowest BCUT2D eigenvalue weighted by Crippen LogP contribution is -2.56. The summed E-state index contributed by atoms with van der Waals surface area (Å²) in [6.45, 7) is -1.64. The molecule has 1 aromatic heterocycles. The van der Waals surface area contributed by atoms with Crippen molar-refractivity contribution in [2.45, 2.75) is 17.4 Å². The van der Waals surface area contributed by atoms with Gasteiger partial charge in [-0.3, -0.25) is 4.72 Å². The van der Waals surface area contributed by atoms with E-state index in [0.717, 1.165) is 18.2 Å². The molecule has 3 heterocycles. The fourth-order valence-corrected chi connectivity index (χ4v) is 5.40. The van der Waals surface area contributed by atoms with Crippen molar-refractivity contribution in [1.82, 2.24) is 4.98 Å². The Bertz CT molecular complexity index is 1490. The first-order valence-electron chi connectivity index (χ1n) is 10.1. The molecule has 3 aromatic rings. The molecular formula is C22H15ClF3N3O5S. The summed E-state index contributed by atoms with van der Waals surface area (Å²) in [5, 5.41) is 9.90.